The summed E-state index contributed by atoms with van der Waals surface area (Å²) in [6, 6.07) is 4.49. The maximum absolute atomic E-state index is 6.44. The number of thioether (sulfide) groups is 1. The van der Waals surface area contributed by atoms with Crippen LogP contribution in [0, 0.1) is 31.6 Å². The van der Waals surface area contributed by atoms with Crippen LogP contribution in [-0.4, -0.2) is 23.8 Å². The first-order chi connectivity index (χ1) is 11.0. The molecule has 0 bridgehead atoms. The predicted octanol–water partition coefficient (Wildman–Crippen LogP) is 4.57. The smallest absolute Gasteiger partial charge is 0.150 e. The largest absolute Gasteiger partial charge is 0.475 e. The molecule has 1 aromatic carbocycles. The second kappa shape index (κ2) is 7.06. The van der Waals surface area contributed by atoms with E-state index in [9.17, 15) is 0 Å². The molecule has 1 aromatic rings. The summed E-state index contributed by atoms with van der Waals surface area (Å²) in [6.07, 6.45) is 2.36. The average molecular weight is 334 g/mol. The quantitative estimate of drug-likeness (QED) is 0.875. The number of hydrogen-bond acceptors (Lipinski definition) is 3. The molecule has 1 N–H and O–H groups in total. The van der Waals surface area contributed by atoms with Gasteiger partial charge in [0, 0.05) is 18.2 Å². The second-order valence-corrected chi connectivity index (χ2v) is 9.13. The third-order valence-corrected chi connectivity index (χ3v) is 7.09. The maximum Gasteiger partial charge on any atom is 0.150 e. The Morgan fingerprint density at radius 2 is 2.09 bits per heavy atom. The molecule has 23 heavy (non-hydrogen) atoms. The number of hydrogen-bond donors (Lipinski definition) is 1. The summed E-state index contributed by atoms with van der Waals surface area (Å²) in [7, 11) is 0. The first kappa shape index (κ1) is 17.2. The Morgan fingerprint density at radius 1 is 1.30 bits per heavy atom. The molecule has 0 aromatic heterocycles. The normalized spacial score (nSPS) is 30.9. The molecule has 2 aliphatic heterocycles. The summed E-state index contributed by atoms with van der Waals surface area (Å²) in [6.45, 7) is 12.5. The molecule has 0 aliphatic carbocycles. The highest BCUT2D eigenvalue weighted by Crippen LogP contribution is 2.43. The Bertz CT molecular complexity index is 557. The van der Waals surface area contributed by atoms with Crippen molar-refractivity contribution in [2.75, 3.05) is 12.3 Å². The van der Waals surface area contributed by atoms with Crippen molar-refractivity contribution in [1.29, 1.82) is 0 Å². The minimum atomic E-state index is 0.157. The molecule has 0 amide bonds. The van der Waals surface area contributed by atoms with Crippen molar-refractivity contribution < 1.29 is 4.74 Å². The first-order valence-corrected chi connectivity index (χ1v) is 10.1. The number of nitrogens with one attached hydrogen (secondary N) is 1. The lowest BCUT2D eigenvalue weighted by Gasteiger charge is -2.29. The monoisotopic (exact) mass is 333 g/mol. The SMILES string of the molecule is Cc1cc(C)c2c(c1)OC(CC1C(C)SCC1C(C)C)NCC2. The van der Waals surface area contributed by atoms with E-state index >= 15 is 0 Å². The fourth-order valence-corrected chi connectivity index (χ4v) is 5.95. The third kappa shape index (κ3) is 3.71. The molecule has 2 heterocycles. The number of ether oxygens (including phenoxy) is 1. The number of aryl methyl sites for hydroxylation is 2. The highest BCUT2D eigenvalue weighted by Gasteiger charge is 2.37. The molecule has 0 spiro atoms. The van der Waals surface area contributed by atoms with Gasteiger partial charge in [-0.3, -0.25) is 5.32 Å². The van der Waals surface area contributed by atoms with Crippen molar-refractivity contribution in [1.82, 2.24) is 5.32 Å². The van der Waals surface area contributed by atoms with E-state index in [0.29, 0.717) is 0 Å². The summed E-state index contributed by atoms with van der Waals surface area (Å²) in [4.78, 5) is 0. The first-order valence-electron chi connectivity index (χ1n) is 9.07. The molecule has 128 valence electrons. The highest BCUT2D eigenvalue weighted by molar-refractivity contribution is 8.00. The van der Waals surface area contributed by atoms with E-state index in [0.717, 1.165) is 48.1 Å². The predicted molar refractivity (Wildman–Crippen MR) is 100 cm³/mol. The minimum Gasteiger partial charge on any atom is -0.475 e. The van der Waals surface area contributed by atoms with Gasteiger partial charge in [0.15, 0.2) is 6.23 Å². The van der Waals surface area contributed by atoms with E-state index in [4.69, 9.17) is 4.74 Å². The van der Waals surface area contributed by atoms with Crippen LogP contribution in [-0.2, 0) is 6.42 Å². The zero-order valence-corrected chi connectivity index (χ0v) is 16.0. The van der Waals surface area contributed by atoms with E-state index in [1.54, 1.807) is 0 Å². The Hall–Kier alpha value is -0.670. The lowest BCUT2D eigenvalue weighted by atomic mass is 9.81. The molecule has 3 heteroatoms. The van der Waals surface area contributed by atoms with Crippen LogP contribution in [0.25, 0.3) is 0 Å². The van der Waals surface area contributed by atoms with Crippen LogP contribution in [0.4, 0.5) is 0 Å². The van der Waals surface area contributed by atoms with E-state index in [-0.39, 0.29) is 6.23 Å². The third-order valence-electron chi connectivity index (χ3n) is 5.64. The Kier molecular flexibility index (Phi) is 5.27. The van der Waals surface area contributed by atoms with Crippen LogP contribution in [0.15, 0.2) is 12.1 Å². The standard InChI is InChI=1S/C20H31NOS/c1-12(2)18-11-23-15(5)17(18)10-20-21-7-6-16-14(4)8-13(3)9-19(16)22-20/h8-9,12,15,17-18,20-21H,6-7,10-11H2,1-5H3. The van der Waals surface area contributed by atoms with Crippen LogP contribution >= 0.6 is 11.8 Å². The number of fused-ring (bicyclic) bond motifs is 1. The van der Waals surface area contributed by atoms with Crippen molar-refractivity contribution in [3.8, 4) is 5.75 Å². The molecule has 3 rings (SSSR count). The molecule has 4 atom stereocenters. The molecule has 0 radical (unpaired) electrons. The topological polar surface area (TPSA) is 21.3 Å². The van der Waals surface area contributed by atoms with Crippen molar-refractivity contribution >= 4 is 11.8 Å². The molecule has 0 saturated carbocycles. The molecule has 1 fully saturated rings. The number of benzene rings is 1. The van der Waals surface area contributed by atoms with E-state index in [1.165, 1.54) is 22.4 Å². The van der Waals surface area contributed by atoms with Crippen LogP contribution in [0.5, 0.6) is 5.75 Å². The Labute approximate surface area is 145 Å². The minimum absolute atomic E-state index is 0.157. The fraction of sp³-hybridized carbons (Fsp3) is 0.700. The van der Waals surface area contributed by atoms with Crippen molar-refractivity contribution in [3.63, 3.8) is 0 Å². The van der Waals surface area contributed by atoms with Gasteiger partial charge in [-0.15, -0.1) is 0 Å². The molecule has 2 aliphatic rings. The van der Waals surface area contributed by atoms with Crippen molar-refractivity contribution in [2.45, 2.75) is 58.9 Å². The lowest BCUT2D eigenvalue weighted by Crippen LogP contribution is -2.38. The van der Waals surface area contributed by atoms with Gasteiger partial charge >= 0.3 is 0 Å². The summed E-state index contributed by atoms with van der Waals surface area (Å²) < 4.78 is 6.44. The van der Waals surface area contributed by atoms with Gasteiger partial charge < -0.3 is 4.74 Å². The van der Waals surface area contributed by atoms with Gasteiger partial charge in [0.25, 0.3) is 0 Å². The van der Waals surface area contributed by atoms with Gasteiger partial charge in [-0.2, -0.15) is 11.8 Å². The zero-order chi connectivity index (χ0) is 16.6. The summed E-state index contributed by atoms with van der Waals surface area (Å²) in [5.41, 5.74) is 4.05. The van der Waals surface area contributed by atoms with E-state index in [2.05, 4.69) is 63.8 Å². The van der Waals surface area contributed by atoms with E-state index in [1.807, 2.05) is 0 Å². The molecule has 4 unspecified atom stereocenters. The van der Waals surface area contributed by atoms with Crippen LogP contribution in [0.3, 0.4) is 0 Å². The van der Waals surface area contributed by atoms with Gasteiger partial charge in [0.05, 0.1) is 0 Å². The van der Waals surface area contributed by atoms with Crippen LogP contribution < -0.4 is 10.1 Å². The van der Waals surface area contributed by atoms with Gasteiger partial charge in [-0.25, -0.2) is 0 Å². The second-order valence-electron chi connectivity index (χ2n) is 7.72. The molecule has 1 saturated heterocycles. The Balaban J connectivity index is 1.76. The van der Waals surface area contributed by atoms with Crippen molar-refractivity contribution in [2.24, 2.45) is 17.8 Å². The Morgan fingerprint density at radius 3 is 2.83 bits per heavy atom. The maximum atomic E-state index is 6.44. The summed E-state index contributed by atoms with van der Waals surface area (Å²) in [5, 5.41) is 4.40. The van der Waals surface area contributed by atoms with Gasteiger partial charge in [0.2, 0.25) is 0 Å². The molecular formula is C20H31NOS. The van der Waals surface area contributed by atoms with Gasteiger partial charge in [-0.1, -0.05) is 26.8 Å². The fourth-order valence-electron chi connectivity index (χ4n) is 4.23. The summed E-state index contributed by atoms with van der Waals surface area (Å²) >= 11 is 2.14. The zero-order valence-electron chi connectivity index (χ0n) is 15.2. The summed E-state index contributed by atoms with van der Waals surface area (Å²) in [5.74, 6) is 4.76. The number of rotatable bonds is 3. The van der Waals surface area contributed by atoms with Gasteiger partial charge in [-0.05, 0) is 66.5 Å². The lowest BCUT2D eigenvalue weighted by molar-refractivity contribution is 0.119. The van der Waals surface area contributed by atoms with Crippen LogP contribution in [0.1, 0.15) is 43.9 Å². The van der Waals surface area contributed by atoms with E-state index < -0.39 is 0 Å². The molecular weight excluding hydrogens is 302 g/mol. The van der Waals surface area contributed by atoms with Gasteiger partial charge in [0.1, 0.15) is 5.75 Å². The van der Waals surface area contributed by atoms with Crippen molar-refractivity contribution in [3.05, 3.63) is 28.8 Å². The average Bonchev–Trinajstić information content (AvgIpc) is 2.70. The highest BCUT2D eigenvalue weighted by atomic mass is 32.2. The van der Waals surface area contributed by atoms with Crippen LogP contribution in [0.2, 0.25) is 0 Å². The molecule has 2 nitrogen and oxygen atoms in total.